The average Bonchev–Trinajstić information content (AvgIpc) is 2.64. The Labute approximate surface area is 162 Å². The first-order valence-electron chi connectivity index (χ1n) is 7.56. The molecule has 2 aromatic carbocycles. The van der Waals surface area contributed by atoms with Crippen LogP contribution in [0.2, 0.25) is 10.0 Å². The summed E-state index contributed by atoms with van der Waals surface area (Å²) in [5, 5.41) is 1.07. The summed E-state index contributed by atoms with van der Waals surface area (Å²) >= 11 is 12.0. The molecule has 0 fully saturated rings. The Morgan fingerprint density at radius 1 is 1.19 bits per heavy atom. The Morgan fingerprint density at radius 2 is 2.00 bits per heavy atom. The molecule has 0 aromatic heterocycles. The van der Waals surface area contributed by atoms with Crippen LogP contribution in [0.15, 0.2) is 42.5 Å². The topological polar surface area (TPSA) is 44.8 Å². The molecule has 0 atom stereocenters. The quantitative estimate of drug-likeness (QED) is 0.388. The van der Waals surface area contributed by atoms with Gasteiger partial charge in [0, 0.05) is 21.7 Å². The lowest BCUT2D eigenvalue weighted by atomic mass is 10.2. The highest BCUT2D eigenvalue weighted by molar-refractivity contribution is 6.35. The fraction of sp³-hybridized carbons (Fsp3) is 0.150. The van der Waals surface area contributed by atoms with E-state index in [-0.39, 0.29) is 13.2 Å². The van der Waals surface area contributed by atoms with Crippen molar-refractivity contribution in [3.63, 3.8) is 0 Å². The Balaban J connectivity index is 2.12. The van der Waals surface area contributed by atoms with Crippen molar-refractivity contribution in [2.45, 2.75) is 6.61 Å². The summed E-state index contributed by atoms with van der Waals surface area (Å²) in [5.74, 6) is 2.78. The molecule has 0 unspecified atom stereocenters. The normalized spacial score (nSPS) is 10.4. The molecule has 0 aliphatic heterocycles. The van der Waals surface area contributed by atoms with Crippen molar-refractivity contribution in [3.05, 3.63) is 63.6 Å². The molecule has 0 N–H and O–H groups in total. The molecule has 0 saturated heterocycles. The Morgan fingerprint density at radius 3 is 2.69 bits per heavy atom. The maximum Gasteiger partial charge on any atom is 0.331 e. The van der Waals surface area contributed by atoms with Gasteiger partial charge in [0.05, 0.1) is 7.11 Å². The highest BCUT2D eigenvalue weighted by Gasteiger charge is 2.08. The first-order chi connectivity index (χ1) is 12.5. The second-order valence-electron chi connectivity index (χ2n) is 5.08. The van der Waals surface area contributed by atoms with Crippen LogP contribution in [0, 0.1) is 12.3 Å². The second-order valence-corrected chi connectivity index (χ2v) is 5.92. The van der Waals surface area contributed by atoms with Crippen molar-refractivity contribution in [2.24, 2.45) is 0 Å². The molecule has 0 spiro atoms. The number of rotatable bonds is 7. The molecule has 0 aliphatic carbocycles. The number of carbonyl (C=O) groups is 1. The van der Waals surface area contributed by atoms with Crippen LogP contribution in [0.1, 0.15) is 11.1 Å². The van der Waals surface area contributed by atoms with E-state index < -0.39 is 5.97 Å². The van der Waals surface area contributed by atoms with Crippen LogP contribution in [0.3, 0.4) is 0 Å². The number of hydrogen-bond acceptors (Lipinski definition) is 4. The lowest BCUT2D eigenvalue weighted by molar-refractivity contribution is -0.136. The number of halogens is 2. The number of benzene rings is 2. The third-order valence-corrected chi connectivity index (χ3v) is 3.88. The molecular weight excluding hydrogens is 375 g/mol. The predicted octanol–water partition coefficient (Wildman–Crippen LogP) is 4.77. The van der Waals surface area contributed by atoms with Gasteiger partial charge in [0.25, 0.3) is 0 Å². The van der Waals surface area contributed by atoms with E-state index in [1.54, 1.807) is 49.6 Å². The van der Waals surface area contributed by atoms with Gasteiger partial charge in [0.2, 0.25) is 0 Å². The van der Waals surface area contributed by atoms with Gasteiger partial charge in [-0.05, 0) is 35.9 Å². The van der Waals surface area contributed by atoms with Crippen molar-refractivity contribution in [1.82, 2.24) is 0 Å². The van der Waals surface area contributed by atoms with E-state index in [0.29, 0.717) is 21.5 Å². The molecule has 0 bridgehead atoms. The van der Waals surface area contributed by atoms with Gasteiger partial charge < -0.3 is 14.2 Å². The number of esters is 1. The number of hydrogen-bond donors (Lipinski definition) is 0. The van der Waals surface area contributed by atoms with Gasteiger partial charge in [0.15, 0.2) is 18.1 Å². The summed E-state index contributed by atoms with van der Waals surface area (Å²) in [4.78, 5) is 11.5. The second kappa shape index (κ2) is 9.76. The number of carbonyl (C=O) groups excluding carboxylic acids is 1. The number of ether oxygens (including phenoxy) is 3. The maximum atomic E-state index is 11.5. The van der Waals surface area contributed by atoms with Crippen LogP contribution in [0.25, 0.3) is 6.08 Å². The van der Waals surface area contributed by atoms with Gasteiger partial charge in [-0.15, -0.1) is 6.42 Å². The van der Waals surface area contributed by atoms with Gasteiger partial charge in [0.1, 0.15) is 6.61 Å². The lowest BCUT2D eigenvalue weighted by Crippen LogP contribution is -2.00. The van der Waals surface area contributed by atoms with Gasteiger partial charge in [-0.3, -0.25) is 0 Å². The van der Waals surface area contributed by atoms with Crippen molar-refractivity contribution < 1.29 is 19.0 Å². The molecule has 4 nitrogen and oxygen atoms in total. The van der Waals surface area contributed by atoms with Crippen LogP contribution < -0.4 is 9.47 Å². The largest absolute Gasteiger partial charge is 0.493 e. The van der Waals surface area contributed by atoms with Crippen LogP contribution >= 0.6 is 23.2 Å². The summed E-state index contributed by atoms with van der Waals surface area (Å²) in [6.07, 6.45) is 7.93. The Bertz CT molecular complexity index is 853. The third kappa shape index (κ3) is 5.73. The summed E-state index contributed by atoms with van der Waals surface area (Å²) < 4.78 is 15.9. The molecular formula is C20H16Cl2O4. The van der Waals surface area contributed by atoms with E-state index in [4.69, 9.17) is 43.8 Å². The van der Waals surface area contributed by atoms with Crippen molar-refractivity contribution >= 4 is 35.2 Å². The standard InChI is InChI=1S/C20H16Cl2O4/c1-3-10-25-20(23)9-5-14-4-8-18(24-2)19(11-14)26-13-15-6-7-16(21)12-17(15)22/h1,4-9,11-12H,10,13H2,2H3/b9-5+. The number of terminal acetylenes is 1. The van der Waals surface area contributed by atoms with E-state index >= 15 is 0 Å². The predicted molar refractivity (Wildman–Crippen MR) is 103 cm³/mol. The molecule has 6 heteroatoms. The van der Waals surface area contributed by atoms with Crippen LogP contribution in [-0.4, -0.2) is 19.7 Å². The SMILES string of the molecule is C#CCOC(=O)/C=C/c1ccc(OC)c(OCc2ccc(Cl)cc2Cl)c1. The average molecular weight is 391 g/mol. The summed E-state index contributed by atoms with van der Waals surface area (Å²) in [7, 11) is 1.55. The van der Waals surface area contributed by atoms with E-state index in [1.165, 1.54) is 6.08 Å². The fourth-order valence-corrected chi connectivity index (χ4v) is 2.49. The molecule has 0 aliphatic rings. The molecule has 0 amide bonds. The van der Waals surface area contributed by atoms with E-state index in [9.17, 15) is 4.79 Å². The summed E-state index contributed by atoms with van der Waals surface area (Å²) in [6, 6.07) is 10.5. The van der Waals surface area contributed by atoms with E-state index in [2.05, 4.69) is 5.92 Å². The lowest BCUT2D eigenvalue weighted by Gasteiger charge is -2.12. The summed E-state index contributed by atoms with van der Waals surface area (Å²) in [5.41, 5.74) is 1.53. The van der Waals surface area contributed by atoms with Crippen LogP contribution in [0.5, 0.6) is 11.5 Å². The first kappa shape index (κ1) is 19.7. The zero-order valence-corrected chi connectivity index (χ0v) is 15.5. The van der Waals surface area contributed by atoms with E-state index in [0.717, 1.165) is 11.1 Å². The van der Waals surface area contributed by atoms with Crippen LogP contribution in [-0.2, 0) is 16.1 Å². The molecule has 26 heavy (non-hydrogen) atoms. The zero-order valence-electron chi connectivity index (χ0n) is 14.0. The summed E-state index contributed by atoms with van der Waals surface area (Å²) in [6.45, 7) is 0.172. The molecule has 0 saturated carbocycles. The highest BCUT2D eigenvalue weighted by Crippen LogP contribution is 2.30. The fourth-order valence-electron chi connectivity index (χ4n) is 2.03. The molecule has 0 radical (unpaired) electrons. The highest BCUT2D eigenvalue weighted by atomic mass is 35.5. The minimum absolute atomic E-state index is 0.0675. The number of methoxy groups -OCH3 is 1. The van der Waals surface area contributed by atoms with Crippen molar-refractivity contribution in [1.29, 1.82) is 0 Å². The van der Waals surface area contributed by atoms with Gasteiger partial charge in [-0.2, -0.15) is 0 Å². The Kier molecular flexibility index (Phi) is 7.40. The van der Waals surface area contributed by atoms with Gasteiger partial charge in [-0.1, -0.05) is 41.3 Å². The smallest absolute Gasteiger partial charge is 0.331 e. The molecule has 2 rings (SSSR count). The van der Waals surface area contributed by atoms with Gasteiger partial charge in [-0.25, -0.2) is 4.79 Å². The monoisotopic (exact) mass is 390 g/mol. The molecule has 134 valence electrons. The zero-order chi connectivity index (χ0) is 18.9. The van der Waals surface area contributed by atoms with E-state index in [1.807, 2.05) is 0 Å². The van der Waals surface area contributed by atoms with Crippen molar-refractivity contribution in [3.8, 4) is 23.8 Å². The third-order valence-electron chi connectivity index (χ3n) is 3.30. The molecule has 2 aromatic rings. The Hall–Kier alpha value is -2.61. The van der Waals surface area contributed by atoms with Gasteiger partial charge >= 0.3 is 5.97 Å². The maximum absolute atomic E-state index is 11.5. The molecule has 0 heterocycles. The van der Waals surface area contributed by atoms with Crippen molar-refractivity contribution in [2.75, 3.05) is 13.7 Å². The minimum atomic E-state index is -0.519. The van der Waals surface area contributed by atoms with Crippen LogP contribution in [0.4, 0.5) is 0 Å². The minimum Gasteiger partial charge on any atom is -0.493 e. The first-order valence-corrected chi connectivity index (χ1v) is 8.32.